The maximum Gasteiger partial charge on any atom is 0.00901 e. The Kier molecular flexibility index (Phi) is 2.04. The van der Waals surface area contributed by atoms with Crippen LogP contribution in [0.3, 0.4) is 0 Å². The third kappa shape index (κ3) is 1.51. The number of hydrogen-bond acceptors (Lipinski definition) is 1. The fourth-order valence-corrected chi connectivity index (χ4v) is 1.80. The molecule has 0 bridgehead atoms. The third-order valence-electron chi connectivity index (χ3n) is 2.82. The minimum absolute atomic E-state index is 0.498. The molecule has 1 heterocycles. The highest BCUT2D eigenvalue weighted by atomic mass is 14.9. The van der Waals surface area contributed by atoms with E-state index in [0.29, 0.717) is 11.5 Å². The lowest BCUT2D eigenvalue weighted by Crippen LogP contribution is -2.47. The first-order valence-corrected chi connectivity index (χ1v) is 4.26. The molecule has 0 aliphatic carbocycles. The summed E-state index contributed by atoms with van der Waals surface area (Å²) < 4.78 is 0. The summed E-state index contributed by atoms with van der Waals surface area (Å²) in [6.07, 6.45) is 1.36. The van der Waals surface area contributed by atoms with Gasteiger partial charge in [-0.05, 0) is 31.2 Å². The second-order valence-corrected chi connectivity index (χ2v) is 4.43. The van der Waals surface area contributed by atoms with Crippen LogP contribution in [0.15, 0.2) is 0 Å². The Labute approximate surface area is 64.2 Å². The van der Waals surface area contributed by atoms with Crippen LogP contribution in [-0.4, -0.2) is 12.6 Å². The average Bonchev–Trinajstić information content (AvgIpc) is 1.78. The van der Waals surface area contributed by atoms with Gasteiger partial charge in [0.1, 0.15) is 0 Å². The van der Waals surface area contributed by atoms with Crippen LogP contribution in [0.5, 0.6) is 0 Å². The zero-order valence-corrected chi connectivity index (χ0v) is 7.57. The van der Waals surface area contributed by atoms with Gasteiger partial charge in [-0.3, -0.25) is 0 Å². The molecule has 0 aromatic carbocycles. The molecule has 1 heteroatoms. The predicted octanol–water partition coefficient (Wildman–Crippen LogP) is 2.03. The van der Waals surface area contributed by atoms with Crippen molar-refractivity contribution in [1.82, 2.24) is 5.32 Å². The third-order valence-corrected chi connectivity index (χ3v) is 2.82. The van der Waals surface area contributed by atoms with Crippen LogP contribution in [0.25, 0.3) is 0 Å². The number of hydrogen-bond donors (Lipinski definition) is 1. The Balaban J connectivity index is 2.55. The molecule has 0 aromatic heterocycles. The lowest BCUT2D eigenvalue weighted by Gasteiger charge is -2.40. The molecule has 2 atom stereocenters. The van der Waals surface area contributed by atoms with Crippen molar-refractivity contribution in [3.63, 3.8) is 0 Å². The highest BCUT2D eigenvalue weighted by Gasteiger charge is 2.31. The first-order chi connectivity index (χ1) is 4.52. The summed E-state index contributed by atoms with van der Waals surface area (Å²) in [5, 5.41) is 3.52. The molecule has 1 aliphatic rings. The molecule has 2 unspecified atom stereocenters. The SMILES string of the molecule is CC1CNC(C)C(C)(C)C1. The van der Waals surface area contributed by atoms with Crippen LogP contribution in [0.4, 0.5) is 0 Å². The summed E-state index contributed by atoms with van der Waals surface area (Å²) in [6, 6.07) is 0.684. The minimum atomic E-state index is 0.498. The van der Waals surface area contributed by atoms with Crippen LogP contribution >= 0.6 is 0 Å². The maximum absolute atomic E-state index is 3.52. The lowest BCUT2D eigenvalue weighted by molar-refractivity contribution is 0.152. The smallest absolute Gasteiger partial charge is 0.00901 e. The van der Waals surface area contributed by atoms with E-state index in [0.717, 1.165) is 5.92 Å². The molecule has 1 fully saturated rings. The van der Waals surface area contributed by atoms with E-state index in [4.69, 9.17) is 0 Å². The molecule has 1 N–H and O–H groups in total. The summed E-state index contributed by atoms with van der Waals surface area (Å²) in [5.41, 5.74) is 0.498. The first kappa shape index (κ1) is 8.06. The highest BCUT2D eigenvalue weighted by Crippen LogP contribution is 2.32. The van der Waals surface area contributed by atoms with Crippen LogP contribution in [0.1, 0.15) is 34.1 Å². The van der Waals surface area contributed by atoms with E-state index in [9.17, 15) is 0 Å². The van der Waals surface area contributed by atoms with Crippen LogP contribution in [0.2, 0.25) is 0 Å². The van der Waals surface area contributed by atoms with Crippen molar-refractivity contribution in [2.45, 2.75) is 40.2 Å². The monoisotopic (exact) mass is 141 g/mol. The molecule has 10 heavy (non-hydrogen) atoms. The molecular formula is C9H19N. The number of rotatable bonds is 0. The second-order valence-electron chi connectivity index (χ2n) is 4.43. The normalized spacial score (nSPS) is 39.6. The van der Waals surface area contributed by atoms with Gasteiger partial charge in [0.15, 0.2) is 0 Å². The highest BCUT2D eigenvalue weighted by molar-refractivity contribution is 4.87. The van der Waals surface area contributed by atoms with Gasteiger partial charge >= 0.3 is 0 Å². The second kappa shape index (κ2) is 2.54. The minimum Gasteiger partial charge on any atom is -0.313 e. The summed E-state index contributed by atoms with van der Waals surface area (Å²) >= 11 is 0. The molecule has 0 aromatic rings. The van der Waals surface area contributed by atoms with Gasteiger partial charge in [-0.25, -0.2) is 0 Å². The fraction of sp³-hybridized carbons (Fsp3) is 1.00. The van der Waals surface area contributed by atoms with Gasteiger partial charge in [-0.15, -0.1) is 0 Å². The Hall–Kier alpha value is -0.0400. The van der Waals surface area contributed by atoms with E-state index in [1.165, 1.54) is 13.0 Å². The molecular weight excluding hydrogens is 122 g/mol. The van der Waals surface area contributed by atoms with Crippen molar-refractivity contribution in [2.75, 3.05) is 6.54 Å². The first-order valence-electron chi connectivity index (χ1n) is 4.26. The largest absolute Gasteiger partial charge is 0.313 e. The molecule has 1 rings (SSSR count). The zero-order valence-electron chi connectivity index (χ0n) is 7.57. The van der Waals surface area contributed by atoms with E-state index >= 15 is 0 Å². The molecule has 0 spiro atoms. The number of nitrogens with one attached hydrogen (secondary N) is 1. The van der Waals surface area contributed by atoms with Crippen molar-refractivity contribution >= 4 is 0 Å². The van der Waals surface area contributed by atoms with Crippen molar-refractivity contribution in [3.05, 3.63) is 0 Å². The van der Waals surface area contributed by atoms with Gasteiger partial charge in [-0.1, -0.05) is 20.8 Å². The van der Waals surface area contributed by atoms with Crippen molar-refractivity contribution in [1.29, 1.82) is 0 Å². The van der Waals surface area contributed by atoms with Crippen LogP contribution in [0, 0.1) is 11.3 Å². The lowest BCUT2D eigenvalue weighted by atomic mass is 9.75. The predicted molar refractivity (Wildman–Crippen MR) is 45.0 cm³/mol. The molecule has 60 valence electrons. The van der Waals surface area contributed by atoms with E-state index in [2.05, 4.69) is 33.0 Å². The van der Waals surface area contributed by atoms with E-state index < -0.39 is 0 Å². The quantitative estimate of drug-likeness (QED) is 0.544. The molecule has 1 aliphatic heterocycles. The van der Waals surface area contributed by atoms with E-state index in [-0.39, 0.29) is 0 Å². The van der Waals surface area contributed by atoms with Gasteiger partial charge < -0.3 is 5.32 Å². The summed E-state index contributed by atoms with van der Waals surface area (Å²) in [4.78, 5) is 0. The van der Waals surface area contributed by atoms with E-state index in [1.54, 1.807) is 0 Å². The Morgan fingerprint density at radius 1 is 1.30 bits per heavy atom. The summed E-state index contributed by atoms with van der Waals surface area (Å²) in [6.45, 7) is 10.5. The molecule has 0 amide bonds. The maximum atomic E-state index is 3.52. The van der Waals surface area contributed by atoms with Gasteiger partial charge in [0, 0.05) is 6.04 Å². The molecule has 1 saturated heterocycles. The molecule has 1 nitrogen and oxygen atoms in total. The van der Waals surface area contributed by atoms with Crippen LogP contribution in [-0.2, 0) is 0 Å². The van der Waals surface area contributed by atoms with Gasteiger partial charge in [0.2, 0.25) is 0 Å². The zero-order chi connectivity index (χ0) is 7.78. The Bertz CT molecular complexity index is 118. The Morgan fingerprint density at radius 2 is 1.90 bits per heavy atom. The van der Waals surface area contributed by atoms with Gasteiger partial charge in [0.05, 0.1) is 0 Å². The fourth-order valence-electron chi connectivity index (χ4n) is 1.80. The van der Waals surface area contributed by atoms with Crippen molar-refractivity contribution in [2.24, 2.45) is 11.3 Å². The molecule has 0 saturated carbocycles. The Morgan fingerprint density at radius 3 is 2.30 bits per heavy atom. The van der Waals surface area contributed by atoms with E-state index in [1.807, 2.05) is 0 Å². The van der Waals surface area contributed by atoms with Crippen molar-refractivity contribution in [3.8, 4) is 0 Å². The topological polar surface area (TPSA) is 12.0 Å². The van der Waals surface area contributed by atoms with Gasteiger partial charge in [0.25, 0.3) is 0 Å². The number of piperidine rings is 1. The van der Waals surface area contributed by atoms with Crippen LogP contribution < -0.4 is 5.32 Å². The molecule has 0 radical (unpaired) electrons. The summed E-state index contributed by atoms with van der Waals surface area (Å²) in [5.74, 6) is 0.853. The van der Waals surface area contributed by atoms with Crippen molar-refractivity contribution < 1.29 is 0 Å². The standard InChI is InChI=1S/C9H19N/c1-7-5-9(3,4)8(2)10-6-7/h7-8,10H,5-6H2,1-4H3. The summed E-state index contributed by atoms with van der Waals surface area (Å²) in [7, 11) is 0. The van der Waals surface area contributed by atoms with Gasteiger partial charge in [-0.2, -0.15) is 0 Å². The average molecular weight is 141 g/mol.